The molecule has 37 heavy (non-hydrogen) atoms. The van der Waals surface area contributed by atoms with Crippen LogP contribution in [0.5, 0.6) is 11.5 Å². The molecule has 2 atom stereocenters. The molecule has 0 saturated heterocycles. The first-order valence-electron chi connectivity index (χ1n) is 11.5. The predicted octanol–water partition coefficient (Wildman–Crippen LogP) is 4.55. The highest BCUT2D eigenvalue weighted by Crippen LogP contribution is 2.34. The summed E-state index contributed by atoms with van der Waals surface area (Å²) in [6.07, 6.45) is 6.58. The largest absolute Gasteiger partial charge is 0.493 e. The van der Waals surface area contributed by atoms with Crippen LogP contribution in [0.25, 0.3) is 10.8 Å². The van der Waals surface area contributed by atoms with Crippen molar-refractivity contribution in [3.8, 4) is 11.5 Å². The number of allylic oxidation sites excluding steroid dienone is 1. The molecule has 0 bridgehead atoms. The lowest BCUT2D eigenvalue weighted by Crippen LogP contribution is -2.19. The van der Waals surface area contributed by atoms with E-state index in [9.17, 15) is 22.6 Å². The predicted molar refractivity (Wildman–Crippen MR) is 145 cm³/mol. The molecular weight excluding hydrogens is 515 g/mol. The highest BCUT2D eigenvalue weighted by molar-refractivity contribution is 7.90. The van der Waals surface area contributed by atoms with Crippen molar-refractivity contribution in [3.63, 3.8) is 0 Å². The zero-order valence-electron chi connectivity index (χ0n) is 21.1. The Hall–Kier alpha value is -3.49. The van der Waals surface area contributed by atoms with Gasteiger partial charge in [-0.3, -0.25) is 9.59 Å². The summed E-state index contributed by atoms with van der Waals surface area (Å²) < 4.78 is 47.6. The third-order valence-electron chi connectivity index (χ3n) is 5.45. The standard InChI is InChI=1S/C22H26N2O5S.C4H4O2P/c1-5-29-22-11-16(9-10-21(22)28-3)20(14-30(4,26)27)24-12-17-7-6-8-19(18(17)13-24)23-15(2)25;5-4-1-2-7(6)3-4/h6-13,20H,5,14H2,1-4H3,(H,23,25);1-2H,3H2/q;+1. The van der Waals surface area contributed by atoms with E-state index in [1.165, 1.54) is 25.1 Å². The minimum atomic E-state index is -3.29. The zero-order valence-corrected chi connectivity index (χ0v) is 22.8. The van der Waals surface area contributed by atoms with Gasteiger partial charge in [0.2, 0.25) is 17.9 Å². The van der Waals surface area contributed by atoms with Gasteiger partial charge in [0.15, 0.2) is 17.3 Å². The van der Waals surface area contributed by atoms with Crippen LogP contribution in [0.15, 0.2) is 60.7 Å². The van der Waals surface area contributed by atoms with Crippen molar-refractivity contribution in [2.75, 3.05) is 37.2 Å². The Balaban J connectivity index is 0.000000468. The van der Waals surface area contributed by atoms with Gasteiger partial charge >= 0.3 is 7.80 Å². The molecule has 196 valence electrons. The molecule has 2 unspecified atom stereocenters. The van der Waals surface area contributed by atoms with Crippen LogP contribution in [-0.4, -0.2) is 56.6 Å². The van der Waals surface area contributed by atoms with Crippen molar-refractivity contribution in [2.45, 2.75) is 19.9 Å². The minimum absolute atomic E-state index is 0.0129. The molecule has 11 heteroatoms. The maximum atomic E-state index is 12.2. The summed E-state index contributed by atoms with van der Waals surface area (Å²) in [5.74, 6) is 2.34. The zero-order chi connectivity index (χ0) is 27.2. The summed E-state index contributed by atoms with van der Waals surface area (Å²) >= 11 is 0. The fraction of sp³-hybridized carbons (Fsp3) is 0.308. The van der Waals surface area contributed by atoms with Crippen LogP contribution in [0.3, 0.4) is 0 Å². The average Bonchev–Trinajstić information content (AvgIpc) is 3.43. The van der Waals surface area contributed by atoms with Gasteiger partial charge in [-0.05, 0) is 30.7 Å². The van der Waals surface area contributed by atoms with Gasteiger partial charge in [-0.15, -0.1) is 0 Å². The Kier molecular flexibility index (Phi) is 9.23. The van der Waals surface area contributed by atoms with Crippen LogP contribution >= 0.6 is 7.80 Å². The number of aromatic nitrogens is 1. The number of hydrogen-bond donors (Lipinski definition) is 1. The third-order valence-corrected chi connectivity index (χ3v) is 7.47. The number of methoxy groups -OCH3 is 1. The smallest absolute Gasteiger partial charge is 0.377 e. The summed E-state index contributed by atoms with van der Waals surface area (Å²) in [6, 6.07) is 10.6. The Morgan fingerprint density at radius 3 is 2.49 bits per heavy atom. The molecule has 1 aliphatic heterocycles. The minimum Gasteiger partial charge on any atom is -0.493 e. The van der Waals surface area contributed by atoms with Crippen molar-refractivity contribution in [1.29, 1.82) is 0 Å². The quantitative estimate of drug-likeness (QED) is 0.412. The number of amides is 1. The molecule has 9 nitrogen and oxygen atoms in total. The number of sulfone groups is 1. The monoisotopic (exact) mass is 545 g/mol. The molecule has 0 aliphatic carbocycles. The molecule has 0 radical (unpaired) electrons. The molecule has 0 fully saturated rings. The number of benzene rings is 2. The number of nitrogens with one attached hydrogen (secondary N) is 1. The SMILES string of the molecule is CCOc1cc(C(CS(C)(=O)=O)n2cc3cccc(NC(C)=O)c3c2)ccc1OC.O=C1C=C[P+](=O)C1. The second-order valence-corrected chi connectivity index (χ2v) is 12.1. The molecule has 2 heterocycles. The number of nitrogens with zero attached hydrogens (tertiary/aromatic N) is 1. The van der Waals surface area contributed by atoms with Crippen LogP contribution in [-0.2, 0) is 24.0 Å². The van der Waals surface area contributed by atoms with Crippen molar-refractivity contribution in [2.24, 2.45) is 0 Å². The van der Waals surface area contributed by atoms with Crippen LogP contribution in [0.4, 0.5) is 5.69 Å². The van der Waals surface area contributed by atoms with Crippen molar-refractivity contribution in [3.05, 3.63) is 66.2 Å². The Morgan fingerprint density at radius 1 is 1.19 bits per heavy atom. The topological polar surface area (TPSA) is 121 Å². The molecule has 1 amide bonds. The number of fused-ring (bicyclic) bond motifs is 1. The van der Waals surface area contributed by atoms with Crippen molar-refractivity contribution < 1.29 is 32.0 Å². The van der Waals surface area contributed by atoms with Gasteiger partial charge in [-0.25, -0.2) is 8.42 Å². The fourth-order valence-electron chi connectivity index (χ4n) is 3.90. The number of hydrogen-bond acceptors (Lipinski definition) is 7. The van der Waals surface area contributed by atoms with Crippen LogP contribution in [0, 0.1) is 0 Å². The third kappa shape index (κ3) is 7.74. The first-order valence-corrected chi connectivity index (χ1v) is 15.1. The lowest BCUT2D eigenvalue weighted by Gasteiger charge is -2.20. The summed E-state index contributed by atoms with van der Waals surface area (Å²) in [5, 5.41) is 4.56. The molecule has 1 N–H and O–H groups in total. The average molecular weight is 546 g/mol. The molecule has 1 aliphatic rings. The van der Waals surface area contributed by atoms with Gasteiger partial charge in [0.25, 0.3) is 0 Å². The lowest BCUT2D eigenvalue weighted by molar-refractivity contribution is -0.114. The number of ketones is 1. The molecule has 0 saturated carbocycles. The fourth-order valence-corrected chi connectivity index (χ4v) is 5.69. The first kappa shape index (κ1) is 28.1. The van der Waals surface area contributed by atoms with Gasteiger partial charge in [-0.2, -0.15) is 0 Å². The number of carbonyl (C=O) groups is 2. The highest BCUT2D eigenvalue weighted by Gasteiger charge is 2.23. The maximum Gasteiger partial charge on any atom is 0.377 e. The molecule has 0 spiro atoms. The highest BCUT2D eigenvalue weighted by atomic mass is 32.2. The Morgan fingerprint density at radius 2 is 1.95 bits per heavy atom. The van der Waals surface area contributed by atoms with E-state index in [-0.39, 0.29) is 23.6 Å². The lowest BCUT2D eigenvalue weighted by atomic mass is 10.1. The van der Waals surface area contributed by atoms with E-state index in [1.807, 2.05) is 54.2 Å². The molecule has 1 aromatic heterocycles. The van der Waals surface area contributed by atoms with Gasteiger partial charge < -0.3 is 19.4 Å². The van der Waals surface area contributed by atoms with Gasteiger partial charge in [0.05, 0.1) is 31.2 Å². The van der Waals surface area contributed by atoms with E-state index in [4.69, 9.17) is 9.47 Å². The molecule has 2 aromatic carbocycles. The van der Waals surface area contributed by atoms with Gasteiger partial charge in [0, 0.05) is 42.4 Å². The van der Waals surface area contributed by atoms with Crippen LogP contribution < -0.4 is 14.8 Å². The summed E-state index contributed by atoms with van der Waals surface area (Å²) in [7, 11) is -3.01. The Labute approximate surface area is 217 Å². The van der Waals surface area contributed by atoms with E-state index >= 15 is 0 Å². The normalized spacial score (nSPS) is 14.7. The van der Waals surface area contributed by atoms with E-state index in [0.29, 0.717) is 23.8 Å². The molecule has 3 aromatic rings. The second kappa shape index (κ2) is 12.2. The van der Waals surface area contributed by atoms with Gasteiger partial charge in [0.1, 0.15) is 9.84 Å². The number of anilines is 1. The summed E-state index contributed by atoms with van der Waals surface area (Å²) in [4.78, 5) is 21.7. The van der Waals surface area contributed by atoms with E-state index < -0.39 is 23.7 Å². The number of carbonyl (C=O) groups excluding carboxylic acids is 2. The van der Waals surface area contributed by atoms with E-state index in [1.54, 1.807) is 13.2 Å². The number of rotatable bonds is 8. The first-order chi connectivity index (χ1) is 17.5. The molecule has 4 rings (SSSR count). The van der Waals surface area contributed by atoms with Gasteiger partial charge in [-0.1, -0.05) is 22.8 Å². The maximum absolute atomic E-state index is 12.2. The summed E-state index contributed by atoms with van der Waals surface area (Å²) in [6.45, 7) is 3.79. The second-order valence-electron chi connectivity index (χ2n) is 8.50. The van der Waals surface area contributed by atoms with Crippen LogP contribution in [0.2, 0.25) is 0 Å². The van der Waals surface area contributed by atoms with Crippen molar-refractivity contribution in [1.82, 2.24) is 4.57 Å². The number of ether oxygens (including phenoxy) is 2. The summed E-state index contributed by atoms with van der Waals surface area (Å²) in [5.41, 5.74) is 1.47. The van der Waals surface area contributed by atoms with E-state index in [2.05, 4.69) is 5.32 Å². The molecular formula is C26H30N2O7PS+. The van der Waals surface area contributed by atoms with E-state index in [0.717, 1.165) is 16.3 Å². The Bertz CT molecular complexity index is 1440. The van der Waals surface area contributed by atoms with Crippen LogP contribution in [0.1, 0.15) is 25.5 Å². The van der Waals surface area contributed by atoms with Crippen molar-refractivity contribution >= 4 is 45.8 Å².